The average Bonchev–Trinajstić information content (AvgIpc) is 3.13. The van der Waals surface area contributed by atoms with E-state index in [9.17, 15) is 23.6 Å². The maximum absolute atomic E-state index is 13.4. The third kappa shape index (κ3) is 6.14. The highest BCUT2D eigenvalue weighted by Crippen LogP contribution is 2.23. The van der Waals surface area contributed by atoms with E-state index in [2.05, 4.69) is 25.5 Å². The van der Waals surface area contributed by atoms with E-state index in [0.29, 0.717) is 22.4 Å². The van der Waals surface area contributed by atoms with E-state index in [1.165, 1.54) is 30.3 Å². The Morgan fingerprint density at radius 3 is 2.62 bits per heavy atom. The van der Waals surface area contributed by atoms with Crippen LogP contribution in [0.5, 0.6) is 0 Å². The molecule has 0 saturated carbocycles. The van der Waals surface area contributed by atoms with Gasteiger partial charge in [0.2, 0.25) is 5.91 Å². The summed E-state index contributed by atoms with van der Waals surface area (Å²) >= 11 is 1.05. The number of ether oxygens (including phenoxy) is 1. The number of carbonyl (C=O) groups excluding carboxylic acids is 2. The molecular formula is C19H19FN6O5S. The second kappa shape index (κ2) is 10.5. The minimum absolute atomic E-state index is 0.0547. The van der Waals surface area contributed by atoms with Crippen molar-refractivity contribution in [3.8, 4) is 5.69 Å². The Kier molecular flexibility index (Phi) is 7.54. The number of hydrogen-bond donors (Lipinski definition) is 3. The van der Waals surface area contributed by atoms with E-state index in [-0.39, 0.29) is 25.3 Å². The Morgan fingerprint density at radius 1 is 1.19 bits per heavy atom. The van der Waals surface area contributed by atoms with Crippen LogP contribution in [0, 0.1) is 5.82 Å². The third-order valence-electron chi connectivity index (χ3n) is 4.02. The maximum Gasteiger partial charge on any atom is 0.325 e. The highest BCUT2D eigenvalue weighted by atomic mass is 32.2. The van der Waals surface area contributed by atoms with E-state index in [4.69, 9.17) is 4.74 Å². The summed E-state index contributed by atoms with van der Waals surface area (Å²) in [5.41, 5.74) is -0.399. The van der Waals surface area contributed by atoms with Crippen molar-refractivity contribution in [2.75, 3.05) is 18.9 Å². The number of amides is 1. The summed E-state index contributed by atoms with van der Waals surface area (Å²) in [4.78, 5) is 51.2. The van der Waals surface area contributed by atoms with Crippen LogP contribution >= 0.6 is 11.8 Å². The molecule has 3 aromatic rings. The molecule has 0 saturated heterocycles. The van der Waals surface area contributed by atoms with Crippen LogP contribution in [0.15, 0.2) is 45.1 Å². The second-order valence-corrected chi connectivity index (χ2v) is 7.31. The highest BCUT2D eigenvalue weighted by Gasteiger charge is 2.17. The molecule has 0 aliphatic carbocycles. The van der Waals surface area contributed by atoms with Crippen molar-refractivity contribution in [3.05, 3.63) is 68.5 Å². The van der Waals surface area contributed by atoms with E-state index >= 15 is 0 Å². The summed E-state index contributed by atoms with van der Waals surface area (Å²) in [6.45, 7) is 1.63. The summed E-state index contributed by atoms with van der Waals surface area (Å²) in [5.74, 6) is -1.12. The van der Waals surface area contributed by atoms with Gasteiger partial charge in [-0.25, -0.2) is 9.18 Å². The minimum atomic E-state index is -0.659. The lowest BCUT2D eigenvalue weighted by Crippen LogP contribution is -2.31. The molecule has 1 aromatic carbocycles. The molecule has 11 nitrogen and oxygen atoms in total. The van der Waals surface area contributed by atoms with Crippen LogP contribution in [0.1, 0.15) is 18.4 Å². The highest BCUT2D eigenvalue weighted by molar-refractivity contribution is 7.99. The molecule has 0 radical (unpaired) electrons. The predicted octanol–water partition coefficient (Wildman–Crippen LogP) is 0.145. The van der Waals surface area contributed by atoms with E-state index in [0.717, 1.165) is 11.8 Å². The SMILES string of the molecule is CCOC(=O)CNC(=O)CSc1nnc(Cc2cc(=O)[nH]c(=O)[nH]2)n1-c1ccc(F)cc1. The Labute approximate surface area is 184 Å². The number of benzene rings is 1. The first-order chi connectivity index (χ1) is 15.4. The summed E-state index contributed by atoms with van der Waals surface area (Å²) in [6.07, 6.45) is 0.0547. The van der Waals surface area contributed by atoms with Crippen LogP contribution in [0.25, 0.3) is 5.69 Å². The molecule has 3 N–H and O–H groups in total. The van der Waals surface area contributed by atoms with Gasteiger partial charge in [0.1, 0.15) is 18.2 Å². The Bertz CT molecular complexity index is 1190. The standard InChI is InChI=1S/C19H19FN6O5S/c1-2-31-17(29)9-21-16(28)10-32-19-25-24-14(7-12-8-15(27)23-18(30)22-12)26(19)13-5-3-11(20)4-6-13/h3-6,8H,2,7,9-10H2,1H3,(H,21,28)(H2,22,23,27,30). The average molecular weight is 462 g/mol. The Balaban J connectivity index is 1.82. The molecule has 0 unspecified atom stereocenters. The minimum Gasteiger partial charge on any atom is -0.465 e. The zero-order valence-corrected chi connectivity index (χ0v) is 17.7. The molecule has 3 rings (SSSR count). The van der Waals surface area contributed by atoms with Crippen LogP contribution in [0.4, 0.5) is 4.39 Å². The van der Waals surface area contributed by atoms with Crippen molar-refractivity contribution < 1.29 is 18.7 Å². The topological polar surface area (TPSA) is 152 Å². The summed E-state index contributed by atoms with van der Waals surface area (Å²) < 4.78 is 19.7. The largest absolute Gasteiger partial charge is 0.465 e. The molecule has 0 bridgehead atoms. The fourth-order valence-corrected chi connectivity index (χ4v) is 3.51. The summed E-state index contributed by atoms with van der Waals surface area (Å²) in [5, 5.41) is 11.0. The van der Waals surface area contributed by atoms with Gasteiger partial charge in [-0.3, -0.25) is 23.9 Å². The molecule has 32 heavy (non-hydrogen) atoms. The van der Waals surface area contributed by atoms with Crippen molar-refractivity contribution in [2.45, 2.75) is 18.5 Å². The first-order valence-corrected chi connectivity index (χ1v) is 10.4. The predicted molar refractivity (Wildman–Crippen MR) is 112 cm³/mol. The molecule has 2 heterocycles. The van der Waals surface area contributed by atoms with Crippen molar-refractivity contribution >= 4 is 23.6 Å². The summed E-state index contributed by atoms with van der Waals surface area (Å²) in [7, 11) is 0. The number of carbonyl (C=O) groups is 2. The monoisotopic (exact) mass is 462 g/mol. The zero-order valence-electron chi connectivity index (χ0n) is 16.9. The Hall–Kier alpha value is -3.74. The lowest BCUT2D eigenvalue weighted by molar-refractivity contribution is -0.143. The van der Waals surface area contributed by atoms with Gasteiger partial charge < -0.3 is 15.0 Å². The molecule has 0 atom stereocenters. The smallest absolute Gasteiger partial charge is 0.325 e. The van der Waals surface area contributed by atoms with Gasteiger partial charge in [-0.15, -0.1) is 10.2 Å². The first kappa shape index (κ1) is 22.9. The maximum atomic E-state index is 13.4. The fraction of sp³-hybridized carbons (Fsp3) is 0.263. The molecular weight excluding hydrogens is 443 g/mol. The number of nitrogens with one attached hydrogen (secondary N) is 3. The van der Waals surface area contributed by atoms with E-state index < -0.39 is 28.9 Å². The Morgan fingerprint density at radius 2 is 1.94 bits per heavy atom. The number of rotatable bonds is 9. The number of esters is 1. The van der Waals surface area contributed by atoms with Gasteiger partial charge in [0.15, 0.2) is 5.16 Å². The van der Waals surface area contributed by atoms with Crippen molar-refractivity contribution in [2.24, 2.45) is 0 Å². The van der Waals surface area contributed by atoms with Gasteiger partial charge in [-0.2, -0.15) is 0 Å². The van der Waals surface area contributed by atoms with E-state index in [1.807, 2.05) is 0 Å². The van der Waals surface area contributed by atoms with Gasteiger partial charge in [0.25, 0.3) is 5.56 Å². The molecule has 0 aliphatic rings. The number of nitrogens with zero attached hydrogens (tertiary/aromatic N) is 3. The molecule has 2 aromatic heterocycles. The van der Waals surface area contributed by atoms with Crippen LogP contribution in [0.3, 0.4) is 0 Å². The number of hydrogen-bond acceptors (Lipinski definition) is 8. The van der Waals surface area contributed by atoms with E-state index in [1.54, 1.807) is 11.5 Å². The molecule has 1 amide bonds. The first-order valence-electron chi connectivity index (χ1n) is 9.43. The van der Waals surface area contributed by atoms with Crippen molar-refractivity contribution in [1.82, 2.24) is 30.0 Å². The van der Waals surface area contributed by atoms with Crippen LogP contribution in [-0.2, 0) is 20.7 Å². The number of aromatic amines is 2. The lowest BCUT2D eigenvalue weighted by atomic mass is 10.2. The van der Waals surface area contributed by atoms with Crippen LogP contribution in [0.2, 0.25) is 0 Å². The van der Waals surface area contributed by atoms with Crippen molar-refractivity contribution in [1.29, 1.82) is 0 Å². The van der Waals surface area contributed by atoms with Gasteiger partial charge in [0.05, 0.1) is 12.4 Å². The number of thioether (sulfide) groups is 1. The fourth-order valence-electron chi connectivity index (χ4n) is 2.71. The second-order valence-electron chi connectivity index (χ2n) is 6.37. The number of aromatic nitrogens is 5. The summed E-state index contributed by atoms with van der Waals surface area (Å²) in [6, 6.07) is 6.76. The molecule has 168 valence electrons. The normalized spacial score (nSPS) is 10.7. The van der Waals surface area contributed by atoms with Gasteiger partial charge in [0, 0.05) is 23.9 Å². The van der Waals surface area contributed by atoms with Gasteiger partial charge >= 0.3 is 11.7 Å². The van der Waals surface area contributed by atoms with Crippen molar-refractivity contribution in [3.63, 3.8) is 0 Å². The third-order valence-corrected chi connectivity index (χ3v) is 4.95. The number of halogens is 1. The molecule has 0 spiro atoms. The molecule has 0 aliphatic heterocycles. The van der Waals surface area contributed by atoms with Crippen LogP contribution < -0.4 is 16.6 Å². The zero-order chi connectivity index (χ0) is 23.1. The quantitative estimate of drug-likeness (QED) is 0.300. The number of H-pyrrole nitrogens is 2. The van der Waals surface area contributed by atoms with Gasteiger partial charge in [-0.1, -0.05) is 11.8 Å². The lowest BCUT2D eigenvalue weighted by Gasteiger charge is -2.10. The molecule has 0 fully saturated rings. The molecule has 13 heteroatoms. The van der Waals surface area contributed by atoms with Crippen LogP contribution in [-0.4, -0.2) is 55.5 Å². The van der Waals surface area contributed by atoms with Gasteiger partial charge in [-0.05, 0) is 31.2 Å².